The van der Waals surface area contributed by atoms with Crippen LogP contribution in [-0.4, -0.2) is 37.1 Å². The van der Waals surface area contributed by atoms with Crippen LogP contribution in [0.25, 0.3) is 11.0 Å². The van der Waals surface area contributed by atoms with E-state index in [2.05, 4.69) is 22.3 Å². The van der Waals surface area contributed by atoms with Gasteiger partial charge in [-0.05, 0) is 29.1 Å². The lowest BCUT2D eigenvalue weighted by molar-refractivity contribution is 0.0206. The van der Waals surface area contributed by atoms with Crippen molar-refractivity contribution < 1.29 is 13.9 Å². The van der Waals surface area contributed by atoms with Crippen molar-refractivity contribution in [2.45, 2.75) is 6.04 Å². The first-order chi connectivity index (χ1) is 14.8. The molecule has 0 aliphatic carbocycles. The van der Waals surface area contributed by atoms with E-state index in [1.54, 1.807) is 0 Å². The van der Waals surface area contributed by atoms with Gasteiger partial charge in [0.25, 0.3) is 5.91 Å². The van der Waals surface area contributed by atoms with Crippen LogP contribution in [0.1, 0.15) is 27.0 Å². The van der Waals surface area contributed by atoms with Crippen molar-refractivity contribution >= 4 is 33.9 Å². The fraction of sp³-hybridized carbons (Fsp3) is 0.208. The Balaban J connectivity index is 1.64. The molecule has 0 spiro atoms. The molecule has 2 aromatic carbocycles. The minimum Gasteiger partial charge on any atom is -0.457 e. The molecule has 2 aromatic heterocycles. The van der Waals surface area contributed by atoms with Crippen molar-refractivity contribution in [1.82, 2.24) is 4.90 Å². The molecule has 1 aliphatic heterocycles. The number of hydrogen-bond acceptors (Lipinski definition) is 5. The summed E-state index contributed by atoms with van der Waals surface area (Å²) >= 11 is 1.43. The van der Waals surface area contributed by atoms with Crippen LogP contribution in [0, 0.1) is 0 Å². The lowest BCUT2D eigenvalue weighted by Gasteiger charge is -2.34. The number of fused-ring (bicyclic) bond motifs is 1. The number of para-hydroxylation sites is 1. The number of morpholine rings is 1. The van der Waals surface area contributed by atoms with Gasteiger partial charge in [-0.15, -0.1) is 11.3 Å². The van der Waals surface area contributed by atoms with Gasteiger partial charge in [-0.1, -0.05) is 48.5 Å². The molecular weight excluding hydrogens is 396 g/mol. The Kier molecular flexibility index (Phi) is 5.36. The Morgan fingerprint density at radius 3 is 2.50 bits per heavy atom. The molecule has 4 aromatic rings. The second kappa shape index (κ2) is 8.44. The van der Waals surface area contributed by atoms with Gasteiger partial charge in [-0.2, -0.15) is 0 Å². The summed E-state index contributed by atoms with van der Waals surface area (Å²) in [5.41, 5.74) is 2.64. The number of nitrogens with zero attached hydrogens (tertiary/aromatic N) is 1. The molecule has 5 rings (SSSR count). The van der Waals surface area contributed by atoms with E-state index in [-0.39, 0.29) is 11.9 Å². The van der Waals surface area contributed by atoms with Gasteiger partial charge >= 0.3 is 0 Å². The highest BCUT2D eigenvalue weighted by Crippen LogP contribution is 2.40. The SMILES string of the molecule is O=C(Nc1c([C@@H](c2ccccc2)N2CCOCC2)oc2ccccc12)c1cccs1. The number of anilines is 1. The third-order valence-corrected chi connectivity index (χ3v) is 6.25. The Hall–Kier alpha value is -2.93. The molecule has 1 aliphatic rings. The predicted octanol–water partition coefficient (Wildman–Crippen LogP) is 5.17. The van der Waals surface area contributed by atoms with Crippen LogP contribution >= 0.6 is 11.3 Å². The highest BCUT2D eigenvalue weighted by Gasteiger charge is 2.31. The molecule has 152 valence electrons. The number of carbonyl (C=O) groups excluding carboxylic acids is 1. The molecule has 5 nitrogen and oxygen atoms in total. The summed E-state index contributed by atoms with van der Waals surface area (Å²) in [6, 6.07) is 21.8. The molecule has 1 amide bonds. The third-order valence-electron chi connectivity index (χ3n) is 5.38. The van der Waals surface area contributed by atoms with Crippen molar-refractivity contribution in [2.75, 3.05) is 31.6 Å². The first-order valence-corrected chi connectivity index (χ1v) is 10.9. The summed E-state index contributed by atoms with van der Waals surface area (Å²) in [7, 11) is 0. The Morgan fingerprint density at radius 2 is 1.73 bits per heavy atom. The van der Waals surface area contributed by atoms with Gasteiger partial charge in [0.2, 0.25) is 0 Å². The van der Waals surface area contributed by atoms with Gasteiger partial charge in [0.05, 0.1) is 29.8 Å². The standard InChI is InChI=1S/C24H22N2O3S/c27-24(20-11-6-16-30-20)25-21-18-9-4-5-10-19(18)29-23(21)22(17-7-2-1-3-8-17)26-12-14-28-15-13-26/h1-11,16,22H,12-15H2,(H,25,27)/t22-/m1/s1. The first kappa shape index (κ1) is 19.1. The third kappa shape index (κ3) is 3.65. The Labute approximate surface area is 178 Å². The van der Waals surface area contributed by atoms with Gasteiger partial charge in [-0.25, -0.2) is 0 Å². The molecule has 3 heterocycles. The maximum atomic E-state index is 12.9. The zero-order valence-electron chi connectivity index (χ0n) is 16.4. The molecule has 0 saturated carbocycles. The average Bonchev–Trinajstić information content (AvgIpc) is 3.45. The number of thiophene rings is 1. The van der Waals surface area contributed by atoms with E-state index in [0.717, 1.165) is 41.1 Å². The van der Waals surface area contributed by atoms with E-state index < -0.39 is 0 Å². The molecule has 30 heavy (non-hydrogen) atoms. The van der Waals surface area contributed by atoms with Crippen LogP contribution in [-0.2, 0) is 4.74 Å². The highest BCUT2D eigenvalue weighted by atomic mass is 32.1. The zero-order valence-corrected chi connectivity index (χ0v) is 17.2. The van der Waals surface area contributed by atoms with Crippen LogP contribution in [0.5, 0.6) is 0 Å². The number of carbonyl (C=O) groups is 1. The smallest absolute Gasteiger partial charge is 0.265 e. The Bertz CT molecular complexity index is 1130. The lowest BCUT2D eigenvalue weighted by atomic mass is 10.0. The quantitative estimate of drug-likeness (QED) is 0.486. The van der Waals surface area contributed by atoms with Crippen LogP contribution in [0.2, 0.25) is 0 Å². The summed E-state index contributed by atoms with van der Waals surface area (Å²) in [5, 5.41) is 5.96. The number of amides is 1. The van der Waals surface area contributed by atoms with Crippen molar-refractivity contribution in [1.29, 1.82) is 0 Å². The zero-order chi connectivity index (χ0) is 20.3. The number of ether oxygens (including phenoxy) is 1. The fourth-order valence-electron chi connectivity index (χ4n) is 3.97. The van der Waals surface area contributed by atoms with Crippen LogP contribution in [0.4, 0.5) is 5.69 Å². The van der Waals surface area contributed by atoms with Gasteiger partial charge < -0.3 is 14.5 Å². The average molecular weight is 419 g/mol. The van der Waals surface area contributed by atoms with E-state index in [4.69, 9.17) is 9.15 Å². The van der Waals surface area contributed by atoms with Gasteiger partial charge in [0.15, 0.2) is 0 Å². The van der Waals surface area contributed by atoms with E-state index in [1.165, 1.54) is 11.3 Å². The number of rotatable bonds is 5. The number of benzene rings is 2. The molecule has 6 heteroatoms. The van der Waals surface area contributed by atoms with Crippen LogP contribution in [0.15, 0.2) is 76.5 Å². The summed E-state index contributed by atoms with van der Waals surface area (Å²) in [4.78, 5) is 16.0. The second-order valence-electron chi connectivity index (χ2n) is 7.23. The molecule has 0 unspecified atom stereocenters. The topological polar surface area (TPSA) is 54.7 Å². The van der Waals surface area contributed by atoms with Gasteiger partial charge in [0.1, 0.15) is 11.3 Å². The molecule has 0 radical (unpaired) electrons. The monoisotopic (exact) mass is 418 g/mol. The number of hydrogen-bond donors (Lipinski definition) is 1. The van der Waals surface area contributed by atoms with Crippen molar-refractivity contribution in [3.05, 3.63) is 88.3 Å². The van der Waals surface area contributed by atoms with Crippen molar-refractivity contribution in [3.8, 4) is 0 Å². The maximum absolute atomic E-state index is 12.9. The van der Waals surface area contributed by atoms with E-state index in [9.17, 15) is 4.79 Å². The normalized spacial score (nSPS) is 15.9. The molecular formula is C24H22N2O3S. The molecule has 1 atom stereocenters. The van der Waals surface area contributed by atoms with Crippen LogP contribution in [0.3, 0.4) is 0 Å². The van der Waals surface area contributed by atoms with E-state index >= 15 is 0 Å². The molecule has 1 saturated heterocycles. The Morgan fingerprint density at radius 1 is 0.967 bits per heavy atom. The number of nitrogens with one attached hydrogen (secondary N) is 1. The van der Waals surface area contributed by atoms with E-state index in [0.29, 0.717) is 18.1 Å². The summed E-state index contributed by atoms with van der Waals surface area (Å²) in [6.07, 6.45) is 0. The van der Waals surface area contributed by atoms with Gasteiger partial charge in [-0.3, -0.25) is 9.69 Å². The lowest BCUT2D eigenvalue weighted by Crippen LogP contribution is -2.39. The van der Waals surface area contributed by atoms with Gasteiger partial charge in [0, 0.05) is 18.5 Å². The van der Waals surface area contributed by atoms with Crippen molar-refractivity contribution in [3.63, 3.8) is 0 Å². The fourth-order valence-corrected chi connectivity index (χ4v) is 4.59. The summed E-state index contributed by atoms with van der Waals surface area (Å²) < 4.78 is 12.0. The van der Waals surface area contributed by atoms with E-state index in [1.807, 2.05) is 60.0 Å². The molecule has 1 fully saturated rings. The summed E-state index contributed by atoms with van der Waals surface area (Å²) in [5.74, 6) is 0.640. The largest absolute Gasteiger partial charge is 0.457 e. The summed E-state index contributed by atoms with van der Waals surface area (Å²) in [6.45, 7) is 2.96. The molecule has 1 N–H and O–H groups in total. The maximum Gasteiger partial charge on any atom is 0.265 e. The number of furan rings is 1. The minimum atomic E-state index is -0.119. The highest BCUT2D eigenvalue weighted by molar-refractivity contribution is 7.12. The first-order valence-electron chi connectivity index (χ1n) is 10.0. The van der Waals surface area contributed by atoms with Crippen LogP contribution < -0.4 is 5.32 Å². The predicted molar refractivity (Wildman–Crippen MR) is 119 cm³/mol. The second-order valence-corrected chi connectivity index (χ2v) is 8.18. The molecule has 0 bridgehead atoms. The minimum absolute atomic E-state index is 0.110. The van der Waals surface area contributed by atoms with Crippen molar-refractivity contribution in [2.24, 2.45) is 0 Å².